The van der Waals surface area contributed by atoms with Crippen LogP contribution in [0.4, 0.5) is 11.5 Å². The Morgan fingerprint density at radius 3 is 2.68 bits per heavy atom. The number of nitrogens with two attached hydrogens (primary N) is 2. The molecule has 0 atom stereocenters. The second-order valence-corrected chi connectivity index (χ2v) is 5.30. The normalized spacial score (nSPS) is 23.0. The van der Waals surface area contributed by atoms with Gasteiger partial charge in [0.25, 0.3) is 5.91 Å². The van der Waals surface area contributed by atoms with Gasteiger partial charge in [-0.2, -0.15) is 0 Å². The van der Waals surface area contributed by atoms with Gasteiger partial charge in [-0.25, -0.2) is 4.98 Å². The van der Waals surface area contributed by atoms with Gasteiger partial charge in [-0.1, -0.05) is 13.3 Å². The fourth-order valence-electron chi connectivity index (χ4n) is 2.69. The molecule has 1 amide bonds. The Bertz CT molecular complexity index is 453. The van der Waals surface area contributed by atoms with Gasteiger partial charge in [0.15, 0.2) is 0 Å². The molecule has 0 saturated heterocycles. The van der Waals surface area contributed by atoms with E-state index < -0.39 is 5.91 Å². The molecule has 19 heavy (non-hydrogen) atoms. The average Bonchev–Trinajstić information content (AvgIpc) is 2.41. The quantitative estimate of drug-likeness (QED) is 0.775. The van der Waals surface area contributed by atoms with Crippen molar-refractivity contribution >= 4 is 17.4 Å². The smallest absolute Gasteiger partial charge is 0.252 e. The average molecular weight is 262 g/mol. The van der Waals surface area contributed by atoms with Crippen molar-refractivity contribution < 1.29 is 4.79 Å². The summed E-state index contributed by atoms with van der Waals surface area (Å²) in [5.41, 5.74) is 11.8. The number of primary amides is 1. The third kappa shape index (κ3) is 3.36. The van der Waals surface area contributed by atoms with Gasteiger partial charge in [0.05, 0.1) is 17.4 Å². The van der Waals surface area contributed by atoms with Crippen LogP contribution in [0.2, 0.25) is 0 Å². The van der Waals surface area contributed by atoms with Crippen LogP contribution in [0.25, 0.3) is 0 Å². The number of pyridine rings is 1. The predicted molar refractivity (Wildman–Crippen MR) is 76.8 cm³/mol. The summed E-state index contributed by atoms with van der Waals surface area (Å²) in [5, 5.41) is 3.34. The first-order chi connectivity index (χ1) is 9.10. The van der Waals surface area contributed by atoms with Crippen molar-refractivity contribution in [1.82, 2.24) is 4.98 Å². The number of amides is 1. The van der Waals surface area contributed by atoms with Crippen LogP contribution in [-0.4, -0.2) is 16.9 Å². The minimum atomic E-state index is -0.496. The third-order valence-corrected chi connectivity index (χ3v) is 3.94. The molecule has 0 unspecified atom stereocenters. The van der Waals surface area contributed by atoms with Crippen LogP contribution < -0.4 is 16.8 Å². The number of hydrogen-bond acceptors (Lipinski definition) is 4. The maximum atomic E-state index is 11.4. The van der Waals surface area contributed by atoms with Gasteiger partial charge in [-0.3, -0.25) is 4.79 Å². The monoisotopic (exact) mass is 262 g/mol. The molecule has 5 N–H and O–H groups in total. The van der Waals surface area contributed by atoms with E-state index in [-0.39, 0.29) is 0 Å². The molecule has 0 radical (unpaired) electrons. The molecule has 1 fully saturated rings. The highest BCUT2D eigenvalue weighted by molar-refractivity contribution is 5.98. The minimum absolute atomic E-state index is 0.372. The first-order valence-electron chi connectivity index (χ1n) is 6.92. The van der Waals surface area contributed by atoms with Crippen molar-refractivity contribution in [2.75, 3.05) is 11.1 Å². The third-order valence-electron chi connectivity index (χ3n) is 3.94. The Kier molecular flexibility index (Phi) is 4.24. The number of nitrogen functional groups attached to an aromatic ring is 1. The lowest BCUT2D eigenvalue weighted by Crippen LogP contribution is -2.28. The number of anilines is 2. The summed E-state index contributed by atoms with van der Waals surface area (Å²) >= 11 is 0. The van der Waals surface area contributed by atoms with Crippen molar-refractivity contribution in [1.29, 1.82) is 0 Å². The molecular formula is C14H22N4O. The van der Waals surface area contributed by atoms with Gasteiger partial charge in [0.1, 0.15) is 5.82 Å². The van der Waals surface area contributed by atoms with Crippen molar-refractivity contribution in [3.05, 3.63) is 17.8 Å². The zero-order valence-electron chi connectivity index (χ0n) is 11.4. The van der Waals surface area contributed by atoms with Crippen LogP contribution in [0, 0.1) is 5.92 Å². The van der Waals surface area contributed by atoms with Crippen molar-refractivity contribution in [2.24, 2.45) is 11.7 Å². The van der Waals surface area contributed by atoms with Crippen molar-refractivity contribution in [3.8, 4) is 0 Å². The molecule has 0 aromatic carbocycles. The number of carbonyl (C=O) groups is 1. The van der Waals surface area contributed by atoms with Crippen LogP contribution in [-0.2, 0) is 0 Å². The van der Waals surface area contributed by atoms with Gasteiger partial charge in [0.2, 0.25) is 0 Å². The second kappa shape index (κ2) is 5.91. The number of aromatic nitrogens is 1. The van der Waals surface area contributed by atoms with E-state index in [9.17, 15) is 4.79 Å². The van der Waals surface area contributed by atoms with Crippen LogP contribution in [0.5, 0.6) is 0 Å². The van der Waals surface area contributed by atoms with E-state index in [2.05, 4.69) is 17.2 Å². The summed E-state index contributed by atoms with van der Waals surface area (Å²) in [7, 11) is 0. The predicted octanol–water partition coefficient (Wildman–Crippen LogP) is 2.14. The van der Waals surface area contributed by atoms with E-state index in [1.807, 2.05) is 0 Å². The lowest BCUT2D eigenvalue weighted by Gasteiger charge is -2.29. The second-order valence-electron chi connectivity index (χ2n) is 5.30. The van der Waals surface area contributed by atoms with Crippen LogP contribution >= 0.6 is 0 Å². The van der Waals surface area contributed by atoms with Gasteiger partial charge in [-0.05, 0) is 37.7 Å². The molecule has 2 rings (SSSR count). The van der Waals surface area contributed by atoms with E-state index in [0.29, 0.717) is 23.1 Å². The Hall–Kier alpha value is -1.78. The Labute approximate surface area is 113 Å². The van der Waals surface area contributed by atoms with E-state index in [1.54, 1.807) is 12.3 Å². The largest absolute Gasteiger partial charge is 0.397 e. The molecule has 0 bridgehead atoms. The molecule has 0 spiro atoms. The molecule has 1 aromatic heterocycles. The van der Waals surface area contributed by atoms with Crippen LogP contribution in [0.1, 0.15) is 49.4 Å². The highest BCUT2D eigenvalue weighted by atomic mass is 16.1. The van der Waals surface area contributed by atoms with Crippen molar-refractivity contribution in [2.45, 2.75) is 45.1 Å². The molecule has 5 nitrogen and oxygen atoms in total. The molecule has 104 valence electrons. The molecule has 1 aliphatic carbocycles. The van der Waals surface area contributed by atoms with Gasteiger partial charge in [0, 0.05) is 6.04 Å². The standard InChI is InChI=1S/C14H22N4O/c1-2-9-3-5-11(6-4-9)18-14-12(13(16)19)7-10(15)8-17-14/h7-9,11H,2-6,15H2,1H3,(H2,16,19)(H,17,18). The fraction of sp³-hybridized carbons (Fsp3) is 0.571. The fourth-order valence-corrected chi connectivity index (χ4v) is 2.69. The van der Waals surface area contributed by atoms with Gasteiger partial charge in [-0.15, -0.1) is 0 Å². The minimum Gasteiger partial charge on any atom is -0.397 e. The molecular weight excluding hydrogens is 240 g/mol. The summed E-state index contributed by atoms with van der Waals surface area (Å²) in [6.07, 6.45) is 7.49. The lowest BCUT2D eigenvalue weighted by atomic mass is 9.84. The molecule has 1 heterocycles. The Balaban J connectivity index is 2.05. The topological polar surface area (TPSA) is 94.0 Å². The van der Waals surface area contributed by atoms with Crippen LogP contribution in [0.15, 0.2) is 12.3 Å². The molecule has 5 heteroatoms. The van der Waals surface area contributed by atoms with E-state index in [0.717, 1.165) is 18.8 Å². The zero-order chi connectivity index (χ0) is 13.8. The zero-order valence-corrected chi connectivity index (χ0v) is 11.4. The summed E-state index contributed by atoms with van der Waals surface area (Å²) in [5.74, 6) is 0.902. The van der Waals surface area contributed by atoms with Crippen molar-refractivity contribution in [3.63, 3.8) is 0 Å². The molecule has 0 aliphatic heterocycles. The molecule has 1 saturated carbocycles. The van der Waals surface area contributed by atoms with Gasteiger partial charge < -0.3 is 16.8 Å². The number of carbonyl (C=O) groups excluding carboxylic acids is 1. The number of nitrogens with one attached hydrogen (secondary N) is 1. The number of rotatable bonds is 4. The summed E-state index contributed by atoms with van der Waals surface area (Å²) in [6, 6.07) is 1.95. The van der Waals surface area contributed by atoms with E-state index >= 15 is 0 Å². The molecule has 1 aliphatic rings. The maximum Gasteiger partial charge on any atom is 0.252 e. The summed E-state index contributed by atoms with van der Waals surface area (Å²) in [6.45, 7) is 2.24. The number of hydrogen-bond donors (Lipinski definition) is 3. The van der Waals surface area contributed by atoms with Crippen LogP contribution in [0.3, 0.4) is 0 Å². The Morgan fingerprint density at radius 1 is 1.42 bits per heavy atom. The SMILES string of the molecule is CCC1CCC(Nc2ncc(N)cc2C(N)=O)CC1. The highest BCUT2D eigenvalue weighted by Gasteiger charge is 2.21. The maximum absolute atomic E-state index is 11.4. The van der Waals surface area contributed by atoms with E-state index in [4.69, 9.17) is 11.5 Å². The summed E-state index contributed by atoms with van der Waals surface area (Å²) in [4.78, 5) is 15.6. The first-order valence-corrected chi connectivity index (χ1v) is 6.92. The number of nitrogens with zero attached hydrogens (tertiary/aromatic N) is 1. The first kappa shape index (κ1) is 13.6. The lowest BCUT2D eigenvalue weighted by molar-refractivity contribution is 0.100. The Morgan fingerprint density at radius 2 is 2.11 bits per heavy atom. The van der Waals surface area contributed by atoms with E-state index in [1.165, 1.54) is 19.3 Å². The summed E-state index contributed by atoms with van der Waals surface area (Å²) < 4.78 is 0. The molecule has 1 aromatic rings. The highest BCUT2D eigenvalue weighted by Crippen LogP contribution is 2.28. The van der Waals surface area contributed by atoms with Gasteiger partial charge >= 0.3 is 0 Å².